The molecule has 118 valence electrons. The summed E-state index contributed by atoms with van der Waals surface area (Å²) in [6, 6.07) is 1.85. The van der Waals surface area contributed by atoms with Crippen molar-refractivity contribution in [1.29, 1.82) is 0 Å². The van der Waals surface area contributed by atoms with Crippen molar-refractivity contribution in [1.82, 2.24) is 14.9 Å². The van der Waals surface area contributed by atoms with E-state index in [4.69, 9.17) is 0 Å². The minimum atomic E-state index is 0.518. The van der Waals surface area contributed by atoms with Crippen LogP contribution in [0.5, 0.6) is 0 Å². The Morgan fingerprint density at radius 1 is 1.19 bits per heavy atom. The van der Waals surface area contributed by atoms with Crippen molar-refractivity contribution >= 4 is 0 Å². The quantitative estimate of drug-likeness (QED) is 0.876. The Morgan fingerprint density at radius 2 is 2.00 bits per heavy atom. The lowest BCUT2D eigenvalue weighted by atomic mass is 9.83. The third-order valence-corrected chi connectivity index (χ3v) is 5.58. The summed E-state index contributed by atoms with van der Waals surface area (Å²) in [4.78, 5) is 4.48. The zero-order valence-corrected chi connectivity index (χ0v) is 13.7. The molecule has 2 aliphatic rings. The summed E-state index contributed by atoms with van der Waals surface area (Å²) < 4.78 is 2.50. The summed E-state index contributed by atoms with van der Waals surface area (Å²) in [5.74, 6) is 0.978. The number of nitrogens with one attached hydrogen (secondary N) is 1. The van der Waals surface area contributed by atoms with Crippen LogP contribution in [-0.2, 0) is 0 Å². The summed E-state index contributed by atoms with van der Waals surface area (Å²) >= 11 is 0. The molecule has 1 saturated carbocycles. The van der Waals surface area contributed by atoms with Crippen LogP contribution in [0.4, 0.5) is 0 Å². The molecule has 3 nitrogen and oxygen atoms in total. The van der Waals surface area contributed by atoms with Crippen LogP contribution in [0.1, 0.15) is 89.4 Å². The second-order valence-electron chi connectivity index (χ2n) is 7.24. The SMILES string of the molecule is CCCC1CCC(n2cncc2C2CCCC(C)N2)CC1. The van der Waals surface area contributed by atoms with Crippen LogP contribution < -0.4 is 5.32 Å². The first-order valence-electron chi connectivity index (χ1n) is 9.05. The number of aromatic nitrogens is 2. The molecule has 1 aromatic rings. The zero-order valence-electron chi connectivity index (χ0n) is 13.7. The van der Waals surface area contributed by atoms with Gasteiger partial charge in [0.1, 0.15) is 0 Å². The molecule has 1 N–H and O–H groups in total. The Morgan fingerprint density at radius 3 is 2.71 bits per heavy atom. The Bertz CT molecular complexity index is 431. The number of imidazole rings is 1. The smallest absolute Gasteiger partial charge is 0.0951 e. The number of piperidine rings is 1. The summed E-state index contributed by atoms with van der Waals surface area (Å²) in [5.41, 5.74) is 1.43. The standard InChI is InChI=1S/C18H31N3/c1-3-5-15-8-10-16(11-9-15)21-13-19-12-18(21)17-7-4-6-14(2)20-17/h12-17,20H,3-11H2,1-2H3. The van der Waals surface area contributed by atoms with Crippen molar-refractivity contribution in [2.45, 2.75) is 89.8 Å². The van der Waals surface area contributed by atoms with Crippen molar-refractivity contribution in [3.63, 3.8) is 0 Å². The molecule has 0 aromatic carbocycles. The van der Waals surface area contributed by atoms with Gasteiger partial charge in [-0.05, 0) is 57.8 Å². The largest absolute Gasteiger partial charge is 0.330 e. The fourth-order valence-corrected chi connectivity index (χ4v) is 4.38. The lowest BCUT2D eigenvalue weighted by Gasteiger charge is -2.34. The molecule has 2 unspecified atom stereocenters. The molecule has 3 heteroatoms. The van der Waals surface area contributed by atoms with Crippen molar-refractivity contribution in [3.05, 3.63) is 18.2 Å². The average Bonchev–Trinajstić information content (AvgIpc) is 2.98. The fourth-order valence-electron chi connectivity index (χ4n) is 4.38. The van der Waals surface area contributed by atoms with E-state index in [2.05, 4.69) is 41.2 Å². The number of hydrogen-bond donors (Lipinski definition) is 1. The summed E-state index contributed by atoms with van der Waals surface area (Å²) in [6.07, 6.45) is 16.4. The Hall–Kier alpha value is -0.830. The van der Waals surface area contributed by atoms with E-state index in [9.17, 15) is 0 Å². The number of rotatable bonds is 4. The summed E-state index contributed by atoms with van der Waals surface area (Å²) in [5, 5.41) is 3.77. The lowest BCUT2D eigenvalue weighted by molar-refractivity contribution is 0.249. The van der Waals surface area contributed by atoms with Crippen LogP contribution in [0.25, 0.3) is 0 Å². The van der Waals surface area contributed by atoms with E-state index in [0.717, 1.165) is 5.92 Å². The first-order chi connectivity index (χ1) is 10.3. The van der Waals surface area contributed by atoms with Crippen LogP contribution in [-0.4, -0.2) is 15.6 Å². The first kappa shape index (κ1) is 15.1. The maximum atomic E-state index is 4.48. The molecule has 0 radical (unpaired) electrons. The molecule has 3 rings (SSSR count). The molecule has 0 bridgehead atoms. The van der Waals surface area contributed by atoms with E-state index in [1.54, 1.807) is 0 Å². The molecule has 1 aliphatic heterocycles. The van der Waals surface area contributed by atoms with Gasteiger partial charge in [-0.15, -0.1) is 0 Å². The Labute approximate surface area is 129 Å². The van der Waals surface area contributed by atoms with Gasteiger partial charge in [0.2, 0.25) is 0 Å². The third-order valence-electron chi connectivity index (χ3n) is 5.58. The van der Waals surface area contributed by atoms with Crippen molar-refractivity contribution in [2.75, 3.05) is 0 Å². The van der Waals surface area contributed by atoms with E-state index >= 15 is 0 Å². The van der Waals surface area contributed by atoms with E-state index < -0.39 is 0 Å². The van der Waals surface area contributed by atoms with Crippen LogP contribution in [0.15, 0.2) is 12.5 Å². The minimum absolute atomic E-state index is 0.518. The van der Waals surface area contributed by atoms with Gasteiger partial charge in [-0.1, -0.05) is 19.8 Å². The molecule has 21 heavy (non-hydrogen) atoms. The summed E-state index contributed by atoms with van der Waals surface area (Å²) in [7, 11) is 0. The second-order valence-corrected chi connectivity index (χ2v) is 7.24. The van der Waals surface area contributed by atoms with Crippen molar-refractivity contribution in [2.24, 2.45) is 5.92 Å². The van der Waals surface area contributed by atoms with Crippen molar-refractivity contribution < 1.29 is 0 Å². The minimum Gasteiger partial charge on any atom is -0.330 e. The van der Waals surface area contributed by atoms with Gasteiger partial charge in [0.05, 0.1) is 12.0 Å². The molecule has 1 saturated heterocycles. The van der Waals surface area contributed by atoms with E-state index in [1.165, 1.54) is 63.5 Å². The highest BCUT2D eigenvalue weighted by atomic mass is 15.1. The topological polar surface area (TPSA) is 29.9 Å². The zero-order chi connectivity index (χ0) is 14.7. The normalized spacial score (nSPS) is 34.0. The monoisotopic (exact) mass is 289 g/mol. The maximum Gasteiger partial charge on any atom is 0.0951 e. The third kappa shape index (κ3) is 3.50. The fraction of sp³-hybridized carbons (Fsp3) is 0.833. The molecule has 1 aliphatic carbocycles. The molecule has 2 heterocycles. The second kappa shape index (κ2) is 6.95. The van der Waals surface area contributed by atoms with Gasteiger partial charge in [-0.3, -0.25) is 0 Å². The van der Waals surface area contributed by atoms with Gasteiger partial charge >= 0.3 is 0 Å². The van der Waals surface area contributed by atoms with Crippen LogP contribution in [0, 0.1) is 5.92 Å². The molecule has 2 atom stereocenters. The highest BCUT2D eigenvalue weighted by Gasteiger charge is 2.27. The molecular formula is C18H31N3. The molecule has 2 fully saturated rings. The maximum absolute atomic E-state index is 4.48. The molecular weight excluding hydrogens is 258 g/mol. The van der Waals surface area contributed by atoms with E-state index in [-0.39, 0.29) is 0 Å². The number of nitrogens with zero attached hydrogens (tertiary/aromatic N) is 2. The predicted octanol–water partition coefficient (Wildman–Crippen LogP) is 4.62. The van der Waals surface area contributed by atoms with Gasteiger partial charge in [-0.25, -0.2) is 4.98 Å². The Kier molecular flexibility index (Phi) is 4.99. The van der Waals surface area contributed by atoms with E-state index in [0.29, 0.717) is 18.1 Å². The highest BCUT2D eigenvalue weighted by Crippen LogP contribution is 2.36. The average molecular weight is 289 g/mol. The van der Waals surface area contributed by atoms with Gasteiger partial charge in [-0.2, -0.15) is 0 Å². The Balaban J connectivity index is 1.65. The van der Waals surface area contributed by atoms with Crippen LogP contribution in [0.2, 0.25) is 0 Å². The van der Waals surface area contributed by atoms with E-state index in [1.807, 2.05) is 0 Å². The van der Waals surface area contributed by atoms with Gasteiger partial charge < -0.3 is 9.88 Å². The highest BCUT2D eigenvalue weighted by molar-refractivity contribution is 5.09. The number of hydrogen-bond acceptors (Lipinski definition) is 2. The molecule has 0 spiro atoms. The van der Waals surface area contributed by atoms with Gasteiger partial charge in [0.25, 0.3) is 0 Å². The van der Waals surface area contributed by atoms with Crippen LogP contribution >= 0.6 is 0 Å². The molecule has 1 aromatic heterocycles. The van der Waals surface area contributed by atoms with Crippen LogP contribution in [0.3, 0.4) is 0 Å². The predicted molar refractivity (Wildman–Crippen MR) is 87.3 cm³/mol. The molecule has 0 amide bonds. The van der Waals surface area contributed by atoms with Crippen molar-refractivity contribution in [3.8, 4) is 0 Å². The summed E-state index contributed by atoms with van der Waals surface area (Å²) in [6.45, 7) is 4.62. The lowest BCUT2D eigenvalue weighted by Crippen LogP contribution is -2.36. The van der Waals surface area contributed by atoms with Gasteiger partial charge in [0, 0.05) is 24.3 Å². The van der Waals surface area contributed by atoms with Gasteiger partial charge in [0.15, 0.2) is 0 Å². The first-order valence-corrected chi connectivity index (χ1v) is 9.05.